The first-order valence-electron chi connectivity index (χ1n) is 7.66. The minimum atomic E-state index is -0.400. The molecule has 0 saturated carbocycles. The van der Waals surface area contributed by atoms with Gasteiger partial charge in [0.1, 0.15) is 5.69 Å². The van der Waals surface area contributed by atoms with Crippen molar-refractivity contribution < 1.29 is 13.9 Å². The molecule has 3 heterocycles. The lowest BCUT2D eigenvalue weighted by atomic mass is 10.1. The van der Waals surface area contributed by atoms with Gasteiger partial charge in [0, 0.05) is 6.54 Å². The zero-order valence-corrected chi connectivity index (χ0v) is 13.5. The van der Waals surface area contributed by atoms with Crippen LogP contribution in [0.25, 0.3) is 22.5 Å². The third kappa shape index (κ3) is 2.72. The van der Waals surface area contributed by atoms with Crippen molar-refractivity contribution in [3.63, 3.8) is 0 Å². The second-order valence-electron chi connectivity index (χ2n) is 5.38. The Morgan fingerprint density at radius 3 is 2.91 bits per heavy atom. The number of carbonyl (C=O) groups excluding carboxylic acids is 1. The maximum absolute atomic E-state index is 12.2. The molecule has 0 unspecified atom stereocenters. The van der Waals surface area contributed by atoms with Gasteiger partial charge in [-0.2, -0.15) is 5.10 Å². The van der Waals surface area contributed by atoms with Gasteiger partial charge in [0.25, 0.3) is 0 Å². The SMILES string of the molecule is CCCCn1nc(C)c2c(C(=O)OC)cc(-c3ccco3)nc21. The summed E-state index contributed by atoms with van der Waals surface area (Å²) >= 11 is 0. The van der Waals surface area contributed by atoms with Gasteiger partial charge in [-0.3, -0.25) is 0 Å². The van der Waals surface area contributed by atoms with Gasteiger partial charge in [-0.1, -0.05) is 13.3 Å². The van der Waals surface area contributed by atoms with Crippen molar-refractivity contribution in [3.8, 4) is 11.5 Å². The molecule has 23 heavy (non-hydrogen) atoms. The maximum Gasteiger partial charge on any atom is 0.338 e. The average Bonchev–Trinajstić information content (AvgIpc) is 3.20. The lowest BCUT2D eigenvalue weighted by molar-refractivity contribution is 0.0603. The van der Waals surface area contributed by atoms with Crippen molar-refractivity contribution in [3.05, 3.63) is 35.7 Å². The first-order chi connectivity index (χ1) is 11.2. The molecule has 120 valence electrons. The fourth-order valence-electron chi connectivity index (χ4n) is 2.64. The normalized spacial score (nSPS) is 11.1. The second-order valence-corrected chi connectivity index (χ2v) is 5.38. The molecule has 0 radical (unpaired) electrons. The largest absolute Gasteiger partial charge is 0.465 e. The molecule has 3 aromatic heterocycles. The van der Waals surface area contributed by atoms with Crippen LogP contribution in [0.5, 0.6) is 0 Å². The van der Waals surface area contributed by atoms with E-state index < -0.39 is 5.97 Å². The fourth-order valence-corrected chi connectivity index (χ4v) is 2.64. The van der Waals surface area contributed by atoms with Crippen LogP contribution in [-0.4, -0.2) is 27.8 Å². The Balaban J connectivity index is 2.26. The lowest BCUT2D eigenvalue weighted by Crippen LogP contribution is -2.05. The number of methoxy groups -OCH3 is 1. The smallest absolute Gasteiger partial charge is 0.338 e. The molecule has 0 saturated heterocycles. The minimum Gasteiger partial charge on any atom is -0.465 e. The van der Waals surface area contributed by atoms with E-state index >= 15 is 0 Å². The Kier molecular flexibility index (Phi) is 4.14. The number of aryl methyl sites for hydroxylation is 2. The molecule has 6 nitrogen and oxygen atoms in total. The number of nitrogens with zero attached hydrogens (tertiary/aromatic N) is 3. The van der Waals surface area contributed by atoms with Crippen LogP contribution < -0.4 is 0 Å². The van der Waals surface area contributed by atoms with Crippen molar-refractivity contribution in [1.82, 2.24) is 14.8 Å². The zero-order chi connectivity index (χ0) is 16.4. The van der Waals surface area contributed by atoms with E-state index in [0.29, 0.717) is 22.7 Å². The van der Waals surface area contributed by atoms with Crippen LogP contribution in [0.4, 0.5) is 0 Å². The summed E-state index contributed by atoms with van der Waals surface area (Å²) in [6.45, 7) is 4.77. The van der Waals surface area contributed by atoms with Crippen LogP contribution >= 0.6 is 0 Å². The van der Waals surface area contributed by atoms with Crippen LogP contribution in [0.3, 0.4) is 0 Å². The number of ether oxygens (including phenoxy) is 1. The highest BCUT2D eigenvalue weighted by Crippen LogP contribution is 2.28. The number of hydrogen-bond donors (Lipinski definition) is 0. The summed E-state index contributed by atoms with van der Waals surface area (Å²) in [4.78, 5) is 16.9. The van der Waals surface area contributed by atoms with Gasteiger partial charge in [0.2, 0.25) is 0 Å². The Morgan fingerprint density at radius 1 is 1.43 bits per heavy atom. The molecule has 0 spiro atoms. The highest BCUT2D eigenvalue weighted by molar-refractivity contribution is 6.04. The topological polar surface area (TPSA) is 70.2 Å². The molecule has 0 aromatic carbocycles. The molecule has 0 N–H and O–H groups in total. The number of fused-ring (bicyclic) bond motifs is 1. The van der Waals surface area contributed by atoms with Crippen molar-refractivity contribution in [2.75, 3.05) is 7.11 Å². The highest BCUT2D eigenvalue weighted by Gasteiger charge is 2.21. The third-order valence-corrected chi connectivity index (χ3v) is 3.78. The van der Waals surface area contributed by atoms with E-state index in [1.807, 2.05) is 17.7 Å². The standard InChI is InChI=1S/C17H19N3O3/c1-4-5-8-20-16-15(11(2)19-20)12(17(21)22-3)10-13(18-16)14-7-6-9-23-14/h6-7,9-10H,4-5,8H2,1-3H3. The molecule has 0 aliphatic rings. The van der Waals surface area contributed by atoms with E-state index in [9.17, 15) is 4.79 Å². The van der Waals surface area contributed by atoms with E-state index in [2.05, 4.69) is 17.0 Å². The molecule has 0 atom stereocenters. The summed E-state index contributed by atoms with van der Waals surface area (Å²) in [5, 5.41) is 5.28. The van der Waals surface area contributed by atoms with Crippen molar-refractivity contribution in [1.29, 1.82) is 0 Å². The van der Waals surface area contributed by atoms with E-state index in [-0.39, 0.29) is 0 Å². The van der Waals surface area contributed by atoms with Crippen molar-refractivity contribution >= 4 is 17.0 Å². The van der Waals surface area contributed by atoms with E-state index in [0.717, 1.165) is 30.5 Å². The van der Waals surface area contributed by atoms with Crippen LogP contribution in [-0.2, 0) is 11.3 Å². The summed E-state index contributed by atoms with van der Waals surface area (Å²) in [6, 6.07) is 5.30. The number of carbonyl (C=O) groups is 1. The van der Waals surface area contributed by atoms with Crippen LogP contribution in [0.2, 0.25) is 0 Å². The number of furan rings is 1. The summed E-state index contributed by atoms with van der Waals surface area (Å²) in [6.07, 6.45) is 3.64. The van der Waals surface area contributed by atoms with Gasteiger partial charge < -0.3 is 9.15 Å². The fraction of sp³-hybridized carbons (Fsp3) is 0.353. The molecule has 0 aliphatic heterocycles. The van der Waals surface area contributed by atoms with Crippen LogP contribution in [0.15, 0.2) is 28.9 Å². The Labute approximate surface area is 134 Å². The van der Waals surface area contributed by atoms with Gasteiger partial charge in [-0.05, 0) is 31.5 Å². The van der Waals surface area contributed by atoms with Gasteiger partial charge in [-0.15, -0.1) is 0 Å². The van der Waals surface area contributed by atoms with Gasteiger partial charge in [0.05, 0.1) is 30.0 Å². The third-order valence-electron chi connectivity index (χ3n) is 3.78. The summed E-state index contributed by atoms with van der Waals surface area (Å²) < 4.78 is 12.2. The number of esters is 1. The van der Waals surface area contributed by atoms with Crippen molar-refractivity contribution in [2.24, 2.45) is 0 Å². The van der Waals surface area contributed by atoms with E-state index in [1.165, 1.54) is 7.11 Å². The predicted octanol–water partition coefficient (Wildman–Crippen LogP) is 3.59. The van der Waals surface area contributed by atoms with Crippen molar-refractivity contribution in [2.45, 2.75) is 33.2 Å². The molecular formula is C17H19N3O3. The van der Waals surface area contributed by atoms with Gasteiger partial charge in [0.15, 0.2) is 11.4 Å². The Hall–Kier alpha value is -2.63. The predicted molar refractivity (Wildman–Crippen MR) is 86.2 cm³/mol. The molecule has 0 fully saturated rings. The van der Waals surface area contributed by atoms with E-state index in [4.69, 9.17) is 9.15 Å². The highest BCUT2D eigenvalue weighted by atomic mass is 16.5. The summed E-state index contributed by atoms with van der Waals surface area (Å²) in [5.41, 5.74) is 2.52. The quantitative estimate of drug-likeness (QED) is 0.673. The van der Waals surface area contributed by atoms with Gasteiger partial charge >= 0.3 is 5.97 Å². The lowest BCUT2D eigenvalue weighted by Gasteiger charge is -2.06. The van der Waals surface area contributed by atoms with Gasteiger partial charge in [-0.25, -0.2) is 14.5 Å². The molecule has 3 rings (SSSR count). The summed E-state index contributed by atoms with van der Waals surface area (Å²) in [5.74, 6) is 0.210. The maximum atomic E-state index is 12.2. The second kappa shape index (κ2) is 6.24. The molecule has 0 aliphatic carbocycles. The first kappa shape index (κ1) is 15.3. The molecule has 6 heteroatoms. The molecule has 0 bridgehead atoms. The molecule has 3 aromatic rings. The Morgan fingerprint density at radius 2 is 2.26 bits per heavy atom. The van der Waals surface area contributed by atoms with E-state index in [1.54, 1.807) is 18.4 Å². The number of unbranched alkanes of at least 4 members (excludes halogenated alkanes) is 1. The van der Waals surface area contributed by atoms with Crippen LogP contribution in [0.1, 0.15) is 35.8 Å². The number of pyridine rings is 1. The molecular weight excluding hydrogens is 294 g/mol. The number of aromatic nitrogens is 3. The summed E-state index contributed by atoms with van der Waals surface area (Å²) in [7, 11) is 1.37. The monoisotopic (exact) mass is 313 g/mol. The first-order valence-corrected chi connectivity index (χ1v) is 7.66. The number of hydrogen-bond acceptors (Lipinski definition) is 5. The average molecular weight is 313 g/mol. The zero-order valence-electron chi connectivity index (χ0n) is 13.5. The number of rotatable bonds is 5. The molecule has 0 amide bonds. The Bertz CT molecular complexity index is 835. The minimum absolute atomic E-state index is 0.400. The van der Waals surface area contributed by atoms with Crippen LogP contribution in [0, 0.1) is 6.92 Å².